The summed E-state index contributed by atoms with van der Waals surface area (Å²) in [5.41, 5.74) is 1.88. The van der Waals surface area contributed by atoms with Gasteiger partial charge in [-0.25, -0.2) is 8.42 Å². The standard InChI is InChI=1S/C19H24N2O4S/c1-15(16-8-4-3-5-9-16)25-13-7-12-20-19(22)17-10-6-11-18(14-17)21-26(2,23)24/h3-6,8-11,14-15,21H,7,12-13H2,1-2H3,(H,20,22)/t15-/m0/s1. The van der Waals surface area contributed by atoms with Crippen molar-refractivity contribution in [2.45, 2.75) is 19.4 Å². The van der Waals surface area contributed by atoms with Crippen molar-refractivity contribution in [2.24, 2.45) is 0 Å². The lowest BCUT2D eigenvalue weighted by Gasteiger charge is -2.13. The number of carbonyl (C=O) groups excluding carboxylic acids is 1. The van der Waals surface area contributed by atoms with E-state index in [0.29, 0.717) is 30.8 Å². The Kier molecular flexibility index (Phi) is 7.17. The van der Waals surface area contributed by atoms with Crippen LogP contribution in [0.3, 0.4) is 0 Å². The van der Waals surface area contributed by atoms with E-state index in [2.05, 4.69) is 10.0 Å². The summed E-state index contributed by atoms with van der Waals surface area (Å²) in [7, 11) is -3.37. The molecule has 26 heavy (non-hydrogen) atoms. The SMILES string of the molecule is C[C@H](OCCCNC(=O)c1cccc(NS(C)(=O)=O)c1)c1ccccc1. The van der Waals surface area contributed by atoms with Crippen molar-refractivity contribution in [3.8, 4) is 0 Å². The van der Waals surface area contributed by atoms with Crippen LogP contribution in [-0.4, -0.2) is 33.7 Å². The molecule has 2 rings (SSSR count). The lowest BCUT2D eigenvalue weighted by molar-refractivity contribution is 0.0635. The van der Waals surface area contributed by atoms with Gasteiger partial charge in [0.05, 0.1) is 12.4 Å². The minimum Gasteiger partial charge on any atom is -0.374 e. The summed E-state index contributed by atoms with van der Waals surface area (Å²) in [5, 5.41) is 2.81. The van der Waals surface area contributed by atoms with E-state index in [4.69, 9.17) is 4.74 Å². The van der Waals surface area contributed by atoms with E-state index in [9.17, 15) is 13.2 Å². The zero-order valence-electron chi connectivity index (χ0n) is 14.9. The Morgan fingerprint density at radius 2 is 1.85 bits per heavy atom. The van der Waals surface area contributed by atoms with Crippen LogP contribution in [0, 0.1) is 0 Å². The highest BCUT2D eigenvalue weighted by Gasteiger charge is 2.08. The van der Waals surface area contributed by atoms with Gasteiger partial charge in [-0.05, 0) is 37.1 Å². The molecule has 1 amide bonds. The highest BCUT2D eigenvalue weighted by atomic mass is 32.2. The van der Waals surface area contributed by atoms with Crippen LogP contribution in [0.15, 0.2) is 54.6 Å². The number of rotatable bonds is 9. The summed E-state index contributed by atoms with van der Waals surface area (Å²) < 4.78 is 30.6. The van der Waals surface area contributed by atoms with Crippen LogP contribution in [0.1, 0.15) is 35.4 Å². The zero-order valence-corrected chi connectivity index (χ0v) is 15.8. The van der Waals surface area contributed by atoms with Crippen molar-refractivity contribution in [1.82, 2.24) is 5.32 Å². The Hall–Kier alpha value is -2.38. The van der Waals surface area contributed by atoms with Gasteiger partial charge in [-0.3, -0.25) is 9.52 Å². The van der Waals surface area contributed by atoms with Crippen molar-refractivity contribution < 1.29 is 17.9 Å². The zero-order chi connectivity index (χ0) is 19.0. The van der Waals surface area contributed by atoms with Gasteiger partial charge in [-0.2, -0.15) is 0 Å². The molecule has 0 heterocycles. The molecule has 0 bridgehead atoms. The first-order valence-corrected chi connectivity index (χ1v) is 10.3. The molecule has 6 nitrogen and oxygen atoms in total. The van der Waals surface area contributed by atoms with Crippen molar-refractivity contribution in [3.63, 3.8) is 0 Å². The second-order valence-electron chi connectivity index (χ2n) is 5.99. The van der Waals surface area contributed by atoms with Crippen LogP contribution in [0.2, 0.25) is 0 Å². The number of sulfonamides is 1. The maximum absolute atomic E-state index is 12.2. The topological polar surface area (TPSA) is 84.5 Å². The van der Waals surface area contributed by atoms with Gasteiger partial charge in [-0.15, -0.1) is 0 Å². The Labute approximate surface area is 154 Å². The molecular formula is C19H24N2O4S. The molecule has 2 N–H and O–H groups in total. The third-order valence-electron chi connectivity index (χ3n) is 3.67. The Bertz CT molecular complexity index is 822. The predicted molar refractivity (Wildman–Crippen MR) is 103 cm³/mol. The summed E-state index contributed by atoms with van der Waals surface area (Å²) in [5.74, 6) is -0.252. The van der Waals surface area contributed by atoms with Crippen molar-refractivity contribution in [1.29, 1.82) is 0 Å². The molecule has 0 aliphatic rings. The van der Waals surface area contributed by atoms with Crippen LogP contribution in [0.25, 0.3) is 0 Å². The van der Waals surface area contributed by atoms with Crippen molar-refractivity contribution in [3.05, 3.63) is 65.7 Å². The molecule has 0 aromatic heterocycles. The quantitative estimate of drug-likeness (QED) is 0.659. The van der Waals surface area contributed by atoms with Crippen LogP contribution < -0.4 is 10.0 Å². The van der Waals surface area contributed by atoms with Crippen LogP contribution in [-0.2, 0) is 14.8 Å². The van der Waals surface area contributed by atoms with Crippen LogP contribution in [0.5, 0.6) is 0 Å². The number of benzene rings is 2. The molecule has 7 heteroatoms. The van der Waals surface area contributed by atoms with Gasteiger partial charge >= 0.3 is 0 Å². The van der Waals surface area contributed by atoms with Gasteiger partial charge in [0.15, 0.2) is 0 Å². The number of anilines is 1. The Morgan fingerprint density at radius 3 is 2.54 bits per heavy atom. The second kappa shape index (κ2) is 9.35. The fraction of sp³-hybridized carbons (Fsp3) is 0.316. The predicted octanol–water partition coefficient (Wildman–Crippen LogP) is 2.96. The third kappa shape index (κ3) is 6.85. The van der Waals surface area contributed by atoms with E-state index in [0.717, 1.165) is 11.8 Å². The molecule has 1 atom stereocenters. The average Bonchev–Trinajstić information content (AvgIpc) is 2.60. The molecule has 140 valence electrons. The lowest BCUT2D eigenvalue weighted by atomic mass is 10.1. The summed E-state index contributed by atoms with van der Waals surface area (Å²) in [6, 6.07) is 16.3. The van der Waals surface area contributed by atoms with Crippen LogP contribution >= 0.6 is 0 Å². The fourth-order valence-electron chi connectivity index (χ4n) is 2.39. The maximum Gasteiger partial charge on any atom is 0.251 e. The van der Waals surface area contributed by atoms with Crippen molar-refractivity contribution in [2.75, 3.05) is 24.1 Å². The second-order valence-corrected chi connectivity index (χ2v) is 7.74. The number of carbonyl (C=O) groups is 1. The maximum atomic E-state index is 12.2. The minimum atomic E-state index is -3.37. The molecule has 2 aromatic carbocycles. The number of ether oxygens (including phenoxy) is 1. The monoisotopic (exact) mass is 376 g/mol. The number of hydrogen-bond donors (Lipinski definition) is 2. The lowest BCUT2D eigenvalue weighted by Crippen LogP contribution is -2.25. The molecule has 0 saturated carbocycles. The summed E-state index contributed by atoms with van der Waals surface area (Å²) in [6.45, 7) is 3.00. The van der Waals surface area contributed by atoms with E-state index < -0.39 is 10.0 Å². The van der Waals surface area contributed by atoms with E-state index >= 15 is 0 Å². The van der Waals surface area contributed by atoms with Gasteiger partial charge in [-0.1, -0.05) is 36.4 Å². The first-order valence-electron chi connectivity index (χ1n) is 8.38. The number of hydrogen-bond acceptors (Lipinski definition) is 4. The van der Waals surface area contributed by atoms with Crippen molar-refractivity contribution >= 4 is 21.6 Å². The van der Waals surface area contributed by atoms with Gasteiger partial charge < -0.3 is 10.1 Å². The molecule has 0 unspecified atom stereocenters. The molecular weight excluding hydrogens is 352 g/mol. The molecule has 0 aliphatic heterocycles. The highest BCUT2D eigenvalue weighted by Crippen LogP contribution is 2.16. The summed E-state index contributed by atoms with van der Waals surface area (Å²) in [6.07, 6.45) is 1.76. The molecule has 2 aromatic rings. The molecule has 0 radical (unpaired) electrons. The van der Waals surface area contributed by atoms with E-state index in [-0.39, 0.29) is 12.0 Å². The van der Waals surface area contributed by atoms with Crippen LogP contribution in [0.4, 0.5) is 5.69 Å². The largest absolute Gasteiger partial charge is 0.374 e. The van der Waals surface area contributed by atoms with Gasteiger partial charge in [0.2, 0.25) is 10.0 Å². The molecule has 0 fully saturated rings. The van der Waals surface area contributed by atoms with Gasteiger partial charge in [0, 0.05) is 24.4 Å². The Morgan fingerprint density at radius 1 is 1.12 bits per heavy atom. The first kappa shape index (κ1) is 19.9. The third-order valence-corrected chi connectivity index (χ3v) is 4.28. The molecule has 0 spiro atoms. The number of nitrogens with one attached hydrogen (secondary N) is 2. The normalized spacial score (nSPS) is 12.4. The van der Waals surface area contributed by atoms with Gasteiger partial charge in [0.1, 0.15) is 0 Å². The van der Waals surface area contributed by atoms with Gasteiger partial charge in [0.25, 0.3) is 5.91 Å². The average molecular weight is 376 g/mol. The Balaban J connectivity index is 1.74. The first-order chi connectivity index (χ1) is 12.3. The minimum absolute atomic E-state index is 0.00523. The molecule has 0 aliphatic carbocycles. The van der Waals surface area contributed by atoms with E-state index in [1.54, 1.807) is 18.2 Å². The highest BCUT2D eigenvalue weighted by molar-refractivity contribution is 7.92. The molecule has 0 saturated heterocycles. The summed E-state index contributed by atoms with van der Waals surface area (Å²) in [4.78, 5) is 12.2. The van der Waals surface area contributed by atoms with E-state index in [1.165, 1.54) is 6.07 Å². The fourth-order valence-corrected chi connectivity index (χ4v) is 2.95. The van der Waals surface area contributed by atoms with E-state index in [1.807, 2.05) is 37.3 Å². The smallest absolute Gasteiger partial charge is 0.251 e. The number of amides is 1. The summed E-state index contributed by atoms with van der Waals surface area (Å²) >= 11 is 0.